The first kappa shape index (κ1) is 16.0. The molecule has 2 rings (SSSR count). The van der Waals surface area contributed by atoms with Crippen LogP contribution in [0.1, 0.15) is 29.8 Å². The van der Waals surface area contributed by atoms with Crippen LogP contribution in [-0.4, -0.2) is 11.7 Å². The molecular formula is C15H17Br2NOS. The Balaban J connectivity index is 1.96. The molecule has 1 atom stereocenters. The zero-order valence-corrected chi connectivity index (χ0v) is 15.2. The van der Waals surface area contributed by atoms with E-state index in [4.69, 9.17) is 0 Å². The summed E-state index contributed by atoms with van der Waals surface area (Å²) in [6.07, 6.45) is 1.94. The SMILES string of the molecule is CCC(NCCc1ccc(Br)s1)c1cc(Br)ccc1O. The van der Waals surface area contributed by atoms with Crippen molar-refractivity contribution in [3.05, 3.63) is 49.0 Å². The number of halogens is 2. The number of hydrogen-bond donors (Lipinski definition) is 2. The van der Waals surface area contributed by atoms with E-state index in [-0.39, 0.29) is 6.04 Å². The van der Waals surface area contributed by atoms with Gasteiger partial charge in [0.2, 0.25) is 0 Å². The van der Waals surface area contributed by atoms with Crippen molar-refractivity contribution in [2.24, 2.45) is 0 Å². The van der Waals surface area contributed by atoms with E-state index in [1.165, 1.54) is 8.66 Å². The van der Waals surface area contributed by atoms with E-state index in [1.807, 2.05) is 12.1 Å². The average Bonchev–Trinajstić information content (AvgIpc) is 2.84. The fourth-order valence-electron chi connectivity index (χ4n) is 2.13. The first-order chi connectivity index (χ1) is 9.60. The lowest BCUT2D eigenvalue weighted by Crippen LogP contribution is -2.23. The normalized spacial score (nSPS) is 12.6. The zero-order valence-electron chi connectivity index (χ0n) is 11.2. The van der Waals surface area contributed by atoms with E-state index in [2.05, 4.69) is 56.2 Å². The molecule has 0 bridgehead atoms. The van der Waals surface area contributed by atoms with Crippen LogP contribution in [0.5, 0.6) is 5.75 Å². The van der Waals surface area contributed by atoms with Gasteiger partial charge in [-0.25, -0.2) is 0 Å². The van der Waals surface area contributed by atoms with Crippen molar-refractivity contribution in [1.82, 2.24) is 5.32 Å². The molecule has 2 N–H and O–H groups in total. The number of phenols is 1. The quantitative estimate of drug-likeness (QED) is 0.670. The number of benzene rings is 1. The zero-order chi connectivity index (χ0) is 14.5. The maximum absolute atomic E-state index is 9.99. The highest BCUT2D eigenvalue weighted by molar-refractivity contribution is 9.11. The van der Waals surface area contributed by atoms with Gasteiger partial charge in [-0.05, 0) is 59.1 Å². The highest BCUT2D eigenvalue weighted by Gasteiger charge is 2.13. The minimum absolute atomic E-state index is 0.177. The Morgan fingerprint density at radius 3 is 2.70 bits per heavy atom. The summed E-state index contributed by atoms with van der Waals surface area (Å²) in [5.41, 5.74) is 0.953. The molecule has 0 spiro atoms. The van der Waals surface area contributed by atoms with Crippen LogP contribution < -0.4 is 5.32 Å². The molecule has 20 heavy (non-hydrogen) atoms. The maximum Gasteiger partial charge on any atom is 0.120 e. The van der Waals surface area contributed by atoms with E-state index in [1.54, 1.807) is 17.4 Å². The van der Waals surface area contributed by atoms with Crippen molar-refractivity contribution in [2.45, 2.75) is 25.8 Å². The van der Waals surface area contributed by atoms with Crippen molar-refractivity contribution in [3.63, 3.8) is 0 Å². The molecule has 1 aromatic carbocycles. The molecule has 0 saturated carbocycles. The molecule has 0 fully saturated rings. The van der Waals surface area contributed by atoms with Gasteiger partial charge in [-0.15, -0.1) is 11.3 Å². The third kappa shape index (κ3) is 4.32. The second-order valence-electron chi connectivity index (χ2n) is 4.57. The lowest BCUT2D eigenvalue weighted by molar-refractivity contribution is 0.442. The minimum atomic E-state index is 0.177. The number of hydrogen-bond acceptors (Lipinski definition) is 3. The van der Waals surface area contributed by atoms with Crippen LogP contribution in [0.15, 0.2) is 38.6 Å². The fourth-order valence-corrected chi connectivity index (χ4v) is 4.00. The van der Waals surface area contributed by atoms with Crippen molar-refractivity contribution >= 4 is 43.2 Å². The average molecular weight is 419 g/mol. The van der Waals surface area contributed by atoms with Crippen LogP contribution in [0.3, 0.4) is 0 Å². The number of rotatable bonds is 6. The molecule has 0 aliphatic carbocycles. The first-order valence-corrected chi connectivity index (χ1v) is 8.96. The molecule has 0 saturated heterocycles. The lowest BCUT2D eigenvalue weighted by atomic mass is 10.0. The Morgan fingerprint density at radius 1 is 1.25 bits per heavy atom. The minimum Gasteiger partial charge on any atom is -0.508 e. The van der Waals surface area contributed by atoms with Crippen molar-refractivity contribution in [3.8, 4) is 5.75 Å². The fraction of sp³-hybridized carbons (Fsp3) is 0.333. The van der Waals surface area contributed by atoms with E-state index in [0.717, 1.165) is 29.4 Å². The van der Waals surface area contributed by atoms with Crippen molar-refractivity contribution < 1.29 is 5.11 Å². The van der Waals surface area contributed by atoms with Gasteiger partial charge >= 0.3 is 0 Å². The largest absolute Gasteiger partial charge is 0.508 e. The summed E-state index contributed by atoms with van der Waals surface area (Å²) in [6.45, 7) is 3.02. The number of aromatic hydroxyl groups is 1. The lowest BCUT2D eigenvalue weighted by Gasteiger charge is -2.18. The summed E-state index contributed by atoms with van der Waals surface area (Å²) >= 11 is 8.71. The molecule has 2 nitrogen and oxygen atoms in total. The highest BCUT2D eigenvalue weighted by atomic mass is 79.9. The second-order valence-corrected chi connectivity index (χ2v) is 8.04. The standard InChI is InChI=1S/C15H17Br2NOS/c1-2-13(12-9-10(16)3-5-14(12)19)18-8-7-11-4-6-15(17)20-11/h3-6,9,13,18-19H,2,7-8H2,1H3. The predicted molar refractivity (Wildman–Crippen MR) is 92.6 cm³/mol. The molecule has 1 unspecified atom stereocenters. The smallest absolute Gasteiger partial charge is 0.120 e. The van der Waals surface area contributed by atoms with Gasteiger partial charge in [-0.3, -0.25) is 0 Å². The van der Waals surface area contributed by atoms with Crippen LogP contribution in [0, 0.1) is 0 Å². The molecule has 2 aromatic rings. The molecule has 5 heteroatoms. The topological polar surface area (TPSA) is 32.3 Å². The molecule has 0 aliphatic heterocycles. The van der Waals surface area contributed by atoms with Crippen LogP contribution in [0.25, 0.3) is 0 Å². The van der Waals surface area contributed by atoms with Gasteiger partial charge in [-0.1, -0.05) is 22.9 Å². The molecule has 1 aromatic heterocycles. The van der Waals surface area contributed by atoms with Gasteiger partial charge in [0.15, 0.2) is 0 Å². The molecule has 1 heterocycles. The Morgan fingerprint density at radius 2 is 2.05 bits per heavy atom. The highest BCUT2D eigenvalue weighted by Crippen LogP contribution is 2.29. The predicted octanol–water partition coefficient (Wildman–Crippen LogP) is 5.26. The Labute approximate surface area is 140 Å². The van der Waals surface area contributed by atoms with E-state index in [9.17, 15) is 5.11 Å². The summed E-state index contributed by atoms with van der Waals surface area (Å²) in [7, 11) is 0. The third-order valence-corrected chi connectivity index (χ3v) is 5.34. The summed E-state index contributed by atoms with van der Waals surface area (Å²) in [5.74, 6) is 0.353. The summed E-state index contributed by atoms with van der Waals surface area (Å²) in [4.78, 5) is 1.36. The Hall–Kier alpha value is -0.360. The molecule has 0 amide bonds. The first-order valence-electron chi connectivity index (χ1n) is 6.56. The van der Waals surface area contributed by atoms with Crippen LogP contribution in [-0.2, 0) is 6.42 Å². The van der Waals surface area contributed by atoms with Gasteiger partial charge in [0, 0.05) is 27.5 Å². The monoisotopic (exact) mass is 417 g/mol. The summed E-state index contributed by atoms with van der Waals surface area (Å²) in [5, 5.41) is 13.5. The summed E-state index contributed by atoms with van der Waals surface area (Å²) < 4.78 is 2.16. The van der Waals surface area contributed by atoms with Crippen LogP contribution >= 0.6 is 43.2 Å². The number of phenolic OH excluding ortho intramolecular Hbond substituents is 1. The molecular weight excluding hydrogens is 402 g/mol. The molecule has 0 aliphatic rings. The Kier molecular flexibility index (Phi) is 6.08. The second kappa shape index (κ2) is 7.59. The van der Waals surface area contributed by atoms with Gasteiger partial charge in [0.25, 0.3) is 0 Å². The maximum atomic E-state index is 9.99. The molecule has 0 radical (unpaired) electrons. The molecule has 108 valence electrons. The van der Waals surface area contributed by atoms with Gasteiger partial charge in [0.1, 0.15) is 5.75 Å². The van der Waals surface area contributed by atoms with Crippen LogP contribution in [0.2, 0.25) is 0 Å². The van der Waals surface area contributed by atoms with Gasteiger partial charge < -0.3 is 10.4 Å². The van der Waals surface area contributed by atoms with E-state index < -0.39 is 0 Å². The van der Waals surface area contributed by atoms with E-state index in [0.29, 0.717) is 5.75 Å². The van der Waals surface area contributed by atoms with Gasteiger partial charge in [0.05, 0.1) is 3.79 Å². The van der Waals surface area contributed by atoms with Gasteiger partial charge in [-0.2, -0.15) is 0 Å². The summed E-state index contributed by atoms with van der Waals surface area (Å²) in [6, 6.07) is 9.98. The van der Waals surface area contributed by atoms with Crippen molar-refractivity contribution in [1.29, 1.82) is 0 Å². The van der Waals surface area contributed by atoms with Crippen molar-refractivity contribution in [2.75, 3.05) is 6.54 Å². The third-order valence-electron chi connectivity index (χ3n) is 3.16. The van der Waals surface area contributed by atoms with E-state index >= 15 is 0 Å². The number of nitrogens with one attached hydrogen (secondary N) is 1. The Bertz CT molecular complexity index is 571. The van der Waals surface area contributed by atoms with Crippen LogP contribution in [0.4, 0.5) is 0 Å². The number of thiophene rings is 1.